The first-order valence-electron chi connectivity index (χ1n) is 9.41. The minimum atomic E-state index is -0.475. The highest BCUT2D eigenvalue weighted by Gasteiger charge is 2.36. The first kappa shape index (κ1) is 19.9. The standard InChI is InChI=1S/C22H26N2O4/c1-13-6-8-16(9-7-13)21(26)24(17-10-11-17)12-18(25)19-14(2)20(22(27)28-5)23(4)15(19)3/h6-9,17H,10-12H2,1-5H3. The zero-order valence-corrected chi connectivity index (χ0v) is 17.0. The monoisotopic (exact) mass is 382 g/mol. The first-order chi connectivity index (χ1) is 13.3. The molecule has 148 valence electrons. The number of nitrogens with zero attached hydrogens (tertiary/aromatic N) is 2. The molecule has 0 bridgehead atoms. The number of aryl methyl sites for hydroxylation is 1. The zero-order chi connectivity index (χ0) is 20.6. The molecule has 1 saturated carbocycles. The van der Waals surface area contributed by atoms with Crippen LogP contribution in [0.4, 0.5) is 0 Å². The van der Waals surface area contributed by atoms with Crippen molar-refractivity contribution in [3.63, 3.8) is 0 Å². The van der Waals surface area contributed by atoms with E-state index >= 15 is 0 Å². The maximum absolute atomic E-state index is 13.1. The molecule has 0 radical (unpaired) electrons. The SMILES string of the molecule is COC(=O)c1c(C)c(C(=O)CN(C(=O)c2ccc(C)cc2)C2CC2)c(C)n1C. The van der Waals surface area contributed by atoms with Crippen molar-refractivity contribution < 1.29 is 19.1 Å². The number of aromatic nitrogens is 1. The largest absolute Gasteiger partial charge is 0.464 e. The number of rotatable bonds is 6. The summed E-state index contributed by atoms with van der Waals surface area (Å²) in [6, 6.07) is 7.49. The number of carbonyl (C=O) groups is 3. The fraction of sp³-hybridized carbons (Fsp3) is 0.409. The third-order valence-corrected chi connectivity index (χ3v) is 5.45. The van der Waals surface area contributed by atoms with Gasteiger partial charge in [0.05, 0.1) is 13.7 Å². The number of Topliss-reactive ketones (excluding diaryl/α,β-unsaturated/α-hetero) is 1. The summed E-state index contributed by atoms with van der Waals surface area (Å²) in [6.45, 7) is 5.52. The van der Waals surface area contributed by atoms with Crippen LogP contribution in [-0.4, -0.2) is 46.8 Å². The van der Waals surface area contributed by atoms with Gasteiger partial charge >= 0.3 is 5.97 Å². The highest BCUT2D eigenvalue weighted by molar-refractivity contribution is 6.06. The first-order valence-corrected chi connectivity index (χ1v) is 9.41. The number of hydrogen-bond donors (Lipinski definition) is 0. The Morgan fingerprint density at radius 2 is 1.71 bits per heavy atom. The van der Waals surface area contributed by atoms with Gasteiger partial charge in [0.25, 0.3) is 5.91 Å². The fourth-order valence-electron chi connectivity index (χ4n) is 3.62. The van der Waals surface area contributed by atoms with Crippen LogP contribution >= 0.6 is 0 Å². The second-order valence-electron chi connectivity index (χ2n) is 7.44. The Labute approximate surface area is 165 Å². The number of ketones is 1. The molecule has 0 saturated heterocycles. The van der Waals surface area contributed by atoms with Gasteiger partial charge in [-0.15, -0.1) is 0 Å². The molecule has 3 rings (SSSR count). The van der Waals surface area contributed by atoms with Gasteiger partial charge in [-0.25, -0.2) is 4.79 Å². The van der Waals surface area contributed by atoms with Gasteiger partial charge in [-0.2, -0.15) is 0 Å². The third kappa shape index (κ3) is 3.59. The van der Waals surface area contributed by atoms with E-state index in [1.54, 1.807) is 42.5 Å². The van der Waals surface area contributed by atoms with E-state index in [0.717, 1.165) is 18.4 Å². The predicted molar refractivity (Wildman–Crippen MR) is 106 cm³/mol. The van der Waals surface area contributed by atoms with E-state index in [0.29, 0.717) is 28.1 Å². The van der Waals surface area contributed by atoms with Crippen molar-refractivity contribution in [2.45, 2.75) is 39.7 Å². The van der Waals surface area contributed by atoms with E-state index in [2.05, 4.69) is 0 Å². The van der Waals surface area contributed by atoms with Crippen molar-refractivity contribution in [3.8, 4) is 0 Å². The van der Waals surface area contributed by atoms with E-state index in [4.69, 9.17) is 4.74 Å². The summed E-state index contributed by atoms with van der Waals surface area (Å²) in [5, 5.41) is 0. The number of ether oxygens (including phenoxy) is 1. The van der Waals surface area contributed by atoms with E-state index in [-0.39, 0.29) is 24.3 Å². The molecule has 0 unspecified atom stereocenters. The molecule has 0 N–H and O–H groups in total. The number of carbonyl (C=O) groups excluding carboxylic acids is 3. The van der Waals surface area contributed by atoms with Gasteiger partial charge in [-0.3, -0.25) is 9.59 Å². The predicted octanol–water partition coefficient (Wildman–Crippen LogP) is 3.22. The summed E-state index contributed by atoms with van der Waals surface area (Å²) < 4.78 is 6.52. The lowest BCUT2D eigenvalue weighted by Gasteiger charge is -2.22. The van der Waals surface area contributed by atoms with Gasteiger partial charge < -0.3 is 14.2 Å². The molecule has 1 aromatic heterocycles. The lowest BCUT2D eigenvalue weighted by atomic mass is 10.0. The fourth-order valence-corrected chi connectivity index (χ4v) is 3.62. The van der Waals surface area contributed by atoms with Crippen LogP contribution in [0.15, 0.2) is 24.3 Å². The Kier molecular flexibility index (Phi) is 5.40. The Hall–Kier alpha value is -2.89. The van der Waals surface area contributed by atoms with Crippen molar-refractivity contribution in [3.05, 3.63) is 57.9 Å². The molecule has 0 aliphatic heterocycles. The van der Waals surface area contributed by atoms with Crippen LogP contribution in [0.3, 0.4) is 0 Å². The topological polar surface area (TPSA) is 68.6 Å². The molecule has 2 aromatic rings. The van der Waals surface area contributed by atoms with Crippen molar-refractivity contribution in [1.82, 2.24) is 9.47 Å². The smallest absolute Gasteiger partial charge is 0.354 e. The summed E-state index contributed by atoms with van der Waals surface area (Å²) in [4.78, 5) is 39.9. The summed E-state index contributed by atoms with van der Waals surface area (Å²) in [5.41, 5.74) is 3.81. The quantitative estimate of drug-likeness (QED) is 0.568. The Morgan fingerprint density at radius 1 is 1.11 bits per heavy atom. The number of esters is 1. The molecule has 1 amide bonds. The van der Waals surface area contributed by atoms with Crippen LogP contribution in [-0.2, 0) is 11.8 Å². The van der Waals surface area contributed by atoms with Gasteiger partial charge in [-0.05, 0) is 51.3 Å². The molecule has 1 aliphatic rings. The lowest BCUT2D eigenvalue weighted by molar-refractivity contribution is 0.0588. The molecule has 6 heteroatoms. The Bertz CT molecular complexity index is 936. The number of hydrogen-bond acceptors (Lipinski definition) is 4. The maximum Gasteiger partial charge on any atom is 0.354 e. The molecule has 28 heavy (non-hydrogen) atoms. The average Bonchev–Trinajstić information content (AvgIpc) is 3.47. The minimum absolute atomic E-state index is 0.00365. The van der Waals surface area contributed by atoms with Gasteiger partial charge in [0.1, 0.15) is 5.69 Å². The van der Waals surface area contributed by atoms with Crippen LogP contribution in [0.2, 0.25) is 0 Å². The molecule has 0 spiro atoms. The summed E-state index contributed by atoms with van der Waals surface area (Å²) in [6.07, 6.45) is 1.82. The Balaban J connectivity index is 1.89. The van der Waals surface area contributed by atoms with E-state index in [1.165, 1.54) is 7.11 Å². The van der Waals surface area contributed by atoms with E-state index in [1.807, 2.05) is 19.1 Å². The van der Waals surface area contributed by atoms with Crippen LogP contribution in [0, 0.1) is 20.8 Å². The van der Waals surface area contributed by atoms with Crippen molar-refractivity contribution in [2.75, 3.05) is 13.7 Å². The van der Waals surface area contributed by atoms with Gasteiger partial charge in [0.15, 0.2) is 5.78 Å². The molecule has 1 fully saturated rings. The second kappa shape index (κ2) is 7.62. The van der Waals surface area contributed by atoms with Crippen LogP contribution < -0.4 is 0 Å². The van der Waals surface area contributed by atoms with E-state index in [9.17, 15) is 14.4 Å². The normalized spacial score (nSPS) is 13.3. The van der Waals surface area contributed by atoms with Crippen molar-refractivity contribution in [2.24, 2.45) is 7.05 Å². The summed E-state index contributed by atoms with van der Waals surface area (Å²) in [5.74, 6) is -0.764. The number of methoxy groups -OCH3 is 1. The third-order valence-electron chi connectivity index (χ3n) is 5.45. The van der Waals surface area contributed by atoms with Gasteiger partial charge in [0, 0.05) is 29.9 Å². The van der Waals surface area contributed by atoms with Crippen LogP contribution in [0.1, 0.15) is 60.9 Å². The number of amides is 1. The molecular weight excluding hydrogens is 356 g/mol. The molecule has 0 atom stereocenters. The second-order valence-corrected chi connectivity index (χ2v) is 7.44. The molecule has 1 heterocycles. The average molecular weight is 382 g/mol. The highest BCUT2D eigenvalue weighted by Crippen LogP contribution is 2.30. The van der Waals surface area contributed by atoms with Gasteiger partial charge in [-0.1, -0.05) is 17.7 Å². The lowest BCUT2D eigenvalue weighted by Crippen LogP contribution is -2.37. The van der Waals surface area contributed by atoms with Crippen LogP contribution in [0.5, 0.6) is 0 Å². The minimum Gasteiger partial charge on any atom is -0.464 e. The maximum atomic E-state index is 13.1. The zero-order valence-electron chi connectivity index (χ0n) is 17.0. The van der Waals surface area contributed by atoms with Crippen molar-refractivity contribution >= 4 is 17.7 Å². The molecule has 1 aromatic carbocycles. The van der Waals surface area contributed by atoms with Crippen molar-refractivity contribution in [1.29, 1.82) is 0 Å². The highest BCUT2D eigenvalue weighted by atomic mass is 16.5. The molecule has 1 aliphatic carbocycles. The van der Waals surface area contributed by atoms with Crippen LogP contribution in [0.25, 0.3) is 0 Å². The Morgan fingerprint density at radius 3 is 2.25 bits per heavy atom. The summed E-state index contributed by atoms with van der Waals surface area (Å²) in [7, 11) is 3.06. The summed E-state index contributed by atoms with van der Waals surface area (Å²) >= 11 is 0. The number of benzene rings is 1. The molecular formula is C22H26N2O4. The molecule has 6 nitrogen and oxygen atoms in total. The van der Waals surface area contributed by atoms with E-state index < -0.39 is 5.97 Å². The van der Waals surface area contributed by atoms with Gasteiger partial charge in [0.2, 0.25) is 0 Å².